The van der Waals surface area contributed by atoms with Crippen molar-refractivity contribution in [3.63, 3.8) is 0 Å². The van der Waals surface area contributed by atoms with Crippen molar-refractivity contribution in [1.29, 1.82) is 0 Å². The van der Waals surface area contributed by atoms with E-state index in [1.54, 1.807) is 12.1 Å². The van der Waals surface area contributed by atoms with Gasteiger partial charge in [-0.05, 0) is 36.2 Å². The van der Waals surface area contributed by atoms with Gasteiger partial charge >= 0.3 is 0 Å². The van der Waals surface area contributed by atoms with Gasteiger partial charge in [-0.2, -0.15) is 0 Å². The fourth-order valence-corrected chi connectivity index (χ4v) is 2.60. The normalized spacial score (nSPS) is 13.1. The van der Waals surface area contributed by atoms with Crippen LogP contribution in [0.5, 0.6) is 0 Å². The van der Waals surface area contributed by atoms with Crippen molar-refractivity contribution in [1.82, 2.24) is 0 Å². The zero-order chi connectivity index (χ0) is 15.7. The van der Waals surface area contributed by atoms with Crippen LogP contribution in [0.4, 0.5) is 17.1 Å². The second kappa shape index (κ2) is 5.52. The molecule has 1 aliphatic heterocycles. The number of benzene rings is 2. The lowest BCUT2D eigenvalue weighted by Gasteiger charge is -2.17. The van der Waals surface area contributed by atoms with E-state index in [1.807, 2.05) is 37.3 Å². The van der Waals surface area contributed by atoms with E-state index in [9.17, 15) is 9.59 Å². The summed E-state index contributed by atoms with van der Waals surface area (Å²) in [5, 5.41) is 2.82. The number of amides is 2. The summed E-state index contributed by atoms with van der Waals surface area (Å²) in [5.74, 6) is -0.292. The molecule has 0 aromatic heterocycles. The van der Waals surface area contributed by atoms with Gasteiger partial charge in [0.2, 0.25) is 11.8 Å². The van der Waals surface area contributed by atoms with Crippen molar-refractivity contribution >= 4 is 28.9 Å². The zero-order valence-corrected chi connectivity index (χ0v) is 12.3. The predicted molar refractivity (Wildman–Crippen MR) is 86.7 cm³/mol. The number of hydrogen-bond donors (Lipinski definition) is 2. The molecule has 2 aromatic carbocycles. The van der Waals surface area contributed by atoms with Crippen molar-refractivity contribution in [3.8, 4) is 0 Å². The van der Waals surface area contributed by atoms with Crippen LogP contribution in [0.3, 0.4) is 0 Å². The van der Waals surface area contributed by atoms with E-state index in [2.05, 4.69) is 5.32 Å². The number of nitrogen functional groups attached to an aromatic ring is 1. The molecule has 112 valence electrons. The standard InChI is InChI=1S/C17H17N3O2/c1-11-6-7-13(18)9-14(11)19-16(21)10-20-15-5-3-2-4-12(15)8-17(20)22/h2-7,9H,8,10,18H2,1H3,(H,19,21). The summed E-state index contributed by atoms with van der Waals surface area (Å²) in [4.78, 5) is 25.8. The topological polar surface area (TPSA) is 75.4 Å². The maximum atomic E-state index is 12.2. The number of nitrogens with one attached hydrogen (secondary N) is 1. The number of para-hydroxylation sites is 1. The quantitative estimate of drug-likeness (QED) is 0.852. The Morgan fingerprint density at radius 1 is 1.27 bits per heavy atom. The Kier molecular flexibility index (Phi) is 3.55. The molecule has 1 aliphatic rings. The molecule has 0 saturated carbocycles. The minimum atomic E-state index is -0.237. The summed E-state index contributed by atoms with van der Waals surface area (Å²) in [6.07, 6.45) is 0.348. The molecule has 0 bridgehead atoms. The number of carbonyl (C=O) groups excluding carboxylic acids is 2. The molecule has 0 unspecified atom stereocenters. The molecule has 3 N–H and O–H groups in total. The van der Waals surface area contributed by atoms with Crippen molar-refractivity contribution in [2.75, 3.05) is 22.5 Å². The first-order chi connectivity index (χ1) is 10.5. The Bertz CT molecular complexity index is 755. The van der Waals surface area contributed by atoms with Gasteiger partial charge in [0.05, 0.1) is 6.42 Å². The number of nitrogens with zero attached hydrogens (tertiary/aromatic N) is 1. The van der Waals surface area contributed by atoms with E-state index in [1.165, 1.54) is 4.90 Å². The average Bonchev–Trinajstić information content (AvgIpc) is 2.79. The number of fused-ring (bicyclic) bond motifs is 1. The first-order valence-electron chi connectivity index (χ1n) is 7.09. The van der Waals surface area contributed by atoms with Gasteiger partial charge in [0, 0.05) is 17.1 Å². The van der Waals surface area contributed by atoms with Crippen LogP contribution in [0.2, 0.25) is 0 Å². The van der Waals surface area contributed by atoms with E-state index in [-0.39, 0.29) is 18.4 Å². The van der Waals surface area contributed by atoms with Crippen molar-refractivity contribution in [2.45, 2.75) is 13.3 Å². The molecule has 0 spiro atoms. The van der Waals surface area contributed by atoms with E-state index >= 15 is 0 Å². The van der Waals surface area contributed by atoms with Crippen LogP contribution in [0.15, 0.2) is 42.5 Å². The third kappa shape index (κ3) is 2.65. The predicted octanol–water partition coefficient (Wildman–Crippen LogP) is 2.11. The van der Waals surface area contributed by atoms with Crippen LogP contribution >= 0.6 is 0 Å². The van der Waals surface area contributed by atoms with Crippen LogP contribution in [0.25, 0.3) is 0 Å². The molecule has 0 atom stereocenters. The Balaban J connectivity index is 1.75. The minimum Gasteiger partial charge on any atom is -0.399 e. The molecular weight excluding hydrogens is 278 g/mol. The minimum absolute atomic E-state index is 0.00405. The van der Waals surface area contributed by atoms with Crippen LogP contribution in [0.1, 0.15) is 11.1 Å². The van der Waals surface area contributed by atoms with Gasteiger partial charge in [0.25, 0.3) is 0 Å². The third-order valence-electron chi connectivity index (χ3n) is 3.76. The van der Waals surface area contributed by atoms with Crippen molar-refractivity contribution < 1.29 is 9.59 Å². The zero-order valence-electron chi connectivity index (χ0n) is 12.3. The fourth-order valence-electron chi connectivity index (χ4n) is 2.60. The number of hydrogen-bond acceptors (Lipinski definition) is 3. The smallest absolute Gasteiger partial charge is 0.244 e. The first-order valence-corrected chi connectivity index (χ1v) is 7.09. The van der Waals surface area contributed by atoms with Crippen molar-refractivity contribution in [3.05, 3.63) is 53.6 Å². The molecule has 1 heterocycles. The van der Waals surface area contributed by atoms with Gasteiger partial charge in [-0.1, -0.05) is 24.3 Å². The Morgan fingerprint density at radius 2 is 2.05 bits per heavy atom. The lowest BCUT2D eigenvalue weighted by Crippen LogP contribution is -2.35. The molecule has 5 nitrogen and oxygen atoms in total. The summed E-state index contributed by atoms with van der Waals surface area (Å²) < 4.78 is 0. The lowest BCUT2D eigenvalue weighted by molar-refractivity contribution is -0.120. The Morgan fingerprint density at radius 3 is 2.86 bits per heavy atom. The maximum absolute atomic E-state index is 12.2. The SMILES string of the molecule is Cc1ccc(N)cc1NC(=O)CN1C(=O)Cc2ccccc21. The highest BCUT2D eigenvalue weighted by atomic mass is 16.2. The van der Waals surface area contributed by atoms with Gasteiger partial charge < -0.3 is 16.0 Å². The van der Waals surface area contributed by atoms with Crippen molar-refractivity contribution in [2.24, 2.45) is 0 Å². The Labute approximate surface area is 128 Å². The second-order valence-electron chi connectivity index (χ2n) is 5.41. The van der Waals surface area contributed by atoms with Crippen LogP contribution < -0.4 is 16.0 Å². The van der Waals surface area contributed by atoms with E-state index in [4.69, 9.17) is 5.73 Å². The van der Waals surface area contributed by atoms with Crippen LogP contribution in [-0.2, 0) is 16.0 Å². The largest absolute Gasteiger partial charge is 0.399 e. The summed E-state index contributed by atoms with van der Waals surface area (Å²) in [5.41, 5.74) is 9.69. The molecule has 5 heteroatoms. The van der Waals surface area contributed by atoms with E-state index in [0.717, 1.165) is 16.8 Å². The molecule has 0 fully saturated rings. The third-order valence-corrected chi connectivity index (χ3v) is 3.76. The highest BCUT2D eigenvalue weighted by Crippen LogP contribution is 2.28. The van der Waals surface area contributed by atoms with Gasteiger partial charge in [-0.15, -0.1) is 0 Å². The number of nitrogens with two attached hydrogens (primary N) is 1. The molecule has 0 aliphatic carbocycles. The molecule has 3 rings (SSSR count). The molecule has 2 amide bonds. The summed E-state index contributed by atoms with van der Waals surface area (Å²) >= 11 is 0. The summed E-state index contributed by atoms with van der Waals surface area (Å²) in [6, 6.07) is 12.9. The lowest BCUT2D eigenvalue weighted by atomic mass is 10.2. The summed E-state index contributed by atoms with van der Waals surface area (Å²) in [6.45, 7) is 1.90. The Hall–Kier alpha value is -2.82. The summed E-state index contributed by atoms with van der Waals surface area (Å²) in [7, 11) is 0. The fraction of sp³-hybridized carbons (Fsp3) is 0.176. The number of anilines is 3. The average molecular weight is 295 g/mol. The monoisotopic (exact) mass is 295 g/mol. The number of rotatable bonds is 3. The maximum Gasteiger partial charge on any atom is 0.244 e. The molecule has 2 aromatic rings. The molecule has 0 saturated heterocycles. The highest BCUT2D eigenvalue weighted by molar-refractivity contribution is 6.07. The highest BCUT2D eigenvalue weighted by Gasteiger charge is 2.28. The molecular formula is C17H17N3O2. The van der Waals surface area contributed by atoms with Gasteiger partial charge in [-0.25, -0.2) is 0 Å². The van der Waals surface area contributed by atoms with Gasteiger partial charge in [0.15, 0.2) is 0 Å². The number of carbonyl (C=O) groups is 2. The van der Waals surface area contributed by atoms with Crippen LogP contribution in [-0.4, -0.2) is 18.4 Å². The number of aryl methyl sites for hydroxylation is 1. The van der Waals surface area contributed by atoms with Gasteiger partial charge in [-0.3, -0.25) is 9.59 Å². The van der Waals surface area contributed by atoms with Crippen LogP contribution in [0, 0.1) is 6.92 Å². The van der Waals surface area contributed by atoms with E-state index < -0.39 is 0 Å². The second-order valence-corrected chi connectivity index (χ2v) is 5.41. The van der Waals surface area contributed by atoms with Gasteiger partial charge in [0.1, 0.15) is 6.54 Å². The molecule has 22 heavy (non-hydrogen) atoms. The molecule has 0 radical (unpaired) electrons. The van der Waals surface area contributed by atoms with E-state index in [0.29, 0.717) is 17.8 Å². The first kappa shape index (κ1) is 14.1.